The molecule has 0 aromatic heterocycles. The van der Waals surface area contributed by atoms with Crippen LogP contribution in [0.5, 0.6) is 5.75 Å². The van der Waals surface area contributed by atoms with E-state index < -0.39 is 10.0 Å². The second kappa shape index (κ2) is 6.66. The van der Waals surface area contributed by atoms with E-state index in [0.29, 0.717) is 5.69 Å². The lowest BCUT2D eigenvalue weighted by Gasteiger charge is -2.28. The van der Waals surface area contributed by atoms with Gasteiger partial charge in [-0.15, -0.1) is 0 Å². The molecule has 3 N–H and O–H groups in total. The molecule has 1 saturated carbocycles. The highest BCUT2D eigenvalue weighted by Gasteiger charge is 2.27. The van der Waals surface area contributed by atoms with Crippen molar-refractivity contribution in [3.8, 4) is 5.75 Å². The van der Waals surface area contributed by atoms with E-state index in [1.54, 1.807) is 6.07 Å². The normalized spacial score (nSPS) is 23.0. The SMILES string of the molecule is CCC1CCC(NS(=O)(=O)c2ccc(N)cc2OC)CC1. The Labute approximate surface area is 126 Å². The van der Waals surface area contributed by atoms with Crippen LogP contribution in [0.2, 0.25) is 0 Å². The van der Waals surface area contributed by atoms with Gasteiger partial charge in [0, 0.05) is 17.8 Å². The first kappa shape index (κ1) is 16.1. The minimum atomic E-state index is -3.57. The molecule has 0 spiro atoms. The number of hydrogen-bond acceptors (Lipinski definition) is 4. The van der Waals surface area contributed by atoms with Crippen molar-refractivity contribution >= 4 is 15.7 Å². The molecule has 0 unspecified atom stereocenters. The Morgan fingerprint density at radius 3 is 2.52 bits per heavy atom. The Balaban J connectivity index is 2.12. The molecule has 0 heterocycles. The molecule has 2 rings (SSSR count). The predicted octanol–water partition coefficient (Wildman–Crippen LogP) is 2.52. The Kier molecular flexibility index (Phi) is 5.11. The number of ether oxygens (including phenoxy) is 1. The van der Waals surface area contributed by atoms with Crippen LogP contribution in [0.3, 0.4) is 0 Å². The summed E-state index contributed by atoms with van der Waals surface area (Å²) in [5.41, 5.74) is 6.15. The number of sulfonamides is 1. The highest BCUT2D eigenvalue weighted by Crippen LogP contribution is 2.30. The third-order valence-electron chi connectivity index (χ3n) is 4.22. The lowest BCUT2D eigenvalue weighted by molar-refractivity contribution is 0.306. The summed E-state index contributed by atoms with van der Waals surface area (Å²) >= 11 is 0. The van der Waals surface area contributed by atoms with Crippen LogP contribution >= 0.6 is 0 Å². The largest absolute Gasteiger partial charge is 0.495 e. The Bertz CT molecular complexity index is 579. The molecule has 1 fully saturated rings. The number of anilines is 1. The van der Waals surface area contributed by atoms with Crippen molar-refractivity contribution < 1.29 is 13.2 Å². The second-order valence-corrected chi connectivity index (χ2v) is 7.34. The first-order chi connectivity index (χ1) is 9.96. The summed E-state index contributed by atoms with van der Waals surface area (Å²) in [6.07, 6.45) is 5.14. The molecule has 0 bridgehead atoms. The van der Waals surface area contributed by atoms with Crippen LogP contribution in [0.25, 0.3) is 0 Å². The van der Waals surface area contributed by atoms with E-state index in [1.165, 1.54) is 25.7 Å². The molecule has 5 nitrogen and oxygen atoms in total. The molecule has 1 aliphatic carbocycles. The number of nitrogens with one attached hydrogen (secondary N) is 1. The van der Waals surface area contributed by atoms with Crippen LogP contribution in [-0.2, 0) is 10.0 Å². The molecule has 118 valence electrons. The Hall–Kier alpha value is -1.27. The molecule has 0 saturated heterocycles. The predicted molar refractivity (Wildman–Crippen MR) is 83.8 cm³/mol. The molecule has 1 aliphatic rings. The minimum Gasteiger partial charge on any atom is -0.495 e. The maximum Gasteiger partial charge on any atom is 0.244 e. The topological polar surface area (TPSA) is 81.4 Å². The molecule has 0 radical (unpaired) electrons. The molecule has 0 aliphatic heterocycles. The molecule has 6 heteroatoms. The maximum absolute atomic E-state index is 12.5. The van der Waals surface area contributed by atoms with Crippen molar-refractivity contribution in [1.29, 1.82) is 0 Å². The Morgan fingerprint density at radius 1 is 1.29 bits per heavy atom. The van der Waals surface area contributed by atoms with Crippen molar-refractivity contribution in [1.82, 2.24) is 4.72 Å². The molecule has 1 aromatic carbocycles. The van der Waals surface area contributed by atoms with Gasteiger partial charge in [-0.05, 0) is 43.7 Å². The van der Waals surface area contributed by atoms with Gasteiger partial charge < -0.3 is 10.5 Å². The van der Waals surface area contributed by atoms with Gasteiger partial charge in [0.05, 0.1) is 7.11 Å². The van der Waals surface area contributed by atoms with Crippen molar-refractivity contribution in [2.45, 2.75) is 50.0 Å². The fourth-order valence-corrected chi connectivity index (χ4v) is 4.33. The van der Waals surface area contributed by atoms with Gasteiger partial charge in [0.25, 0.3) is 0 Å². The van der Waals surface area contributed by atoms with Crippen LogP contribution < -0.4 is 15.2 Å². The van der Waals surface area contributed by atoms with Crippen molar-refractivity contribution in [2.75, 3.05) is 12.8 Å². The number of methoxy groups -OCH3 is 1. The molecule has 21 heavy (non-hydrogen) atoms. The molecule has 0 atom stereocenters. The zero-order valence-electron chi connectivity index (χ0n) is 12.6. The van der Waals surface area contributed by atoms with E-state index in [0.717, 1.165) is 31.6 Å². The van der Waals surface area contributed by atoms with Gasteiger partial charge in [-0.25, -0.2) is 13.1 Å². The van der Waals surface area contributed by atoms with Crippen molar-refractivity contribution in [3.05, 3.63) is 18.2 Å². The van der Waals surface area contributed by atoms with Gasteiger partial charge >= 0.3 is 0 Å². The third-order valence-corrected chi connectivity index (χ3v) is 5.78. The molecular weight excluding hydrogens is 288 g/mol. The van der Waals surface area contributed by atoms with Crippen molar-refractivity contribution in [2.24, 2.45) is 5.92 Å². The van der Waals surface area contributed by atoms with Gasteiger partial charge in [-0.1, -0.05) is 13.3 Å². The molecule has 0 amide bonds. The number of nitrogen functional groups attached to an aromatic ring is 1. The summed E-state index contributed by atoms with van der Waals surface area (Å²) in [5.74, 6) is 1.02. The zero-order valence-corrected chi connectivity index (χ0v) is 13.4. The molecule has 1 aromatic rings. The highest BCUT2D eigenvalue weighted by molar-refractivity contribution is 7.89. The molecular formula is C15H24N2O3S. The van der Waals surface area contributed by atoms with E-state index in [2.05, 4.69) is 11.6 Å². The summed E-state index contributed by atoms with van der Waals surface area (Å²) < 4.78 is 33.0. The van der Waals surface area contributed by atoms with E-state index in [4.69, 9.17) is 10.5 Å². The second-order valence-electron chi connectivity index (χ2n) is 5.66. The average Bonchev–Trinajstić information content (AvgIpc) is 2.47. The highest BCUT2D eigenvalue weighted by atomic mass is 32.2. The van der Waals surface area contributed by atoms with Crippen LogP contribution in [0.4, 0.5) is 5.69 Å². The van der Waals surface area contributed by atoms with E-state index in [9.17, 15) is 8.42 Å². The van der Waals surface area contributed by atoms with Gasteiger partial charge in [-0.3, -0.25) is 0 Å². The quantitative estimate of drug-likeness (QED) is 0.819. The number of rotatable bonds is 5. The summed E-state index contributed by atoms with van der Waals surface area (Å²) in [4.78, 5) is 0.150. The summed E-state index contributed by atoms with van der Waals surface area (Å²) in [5, 5.41) is 0. The van der Waals surface area contributed by atoms with Crippen LogP contribution in [0.15, 0.2) is 23.1 Å². The first-order valence-electron chi connectivity index (χ1n) is 7.42. The fourth-order valence-electron chi connectivity index (χ4n) is 2.88. The first-order valence-corrected chi connectivity index (χ1v) is 8.90. The van der Waals surface area contributed by atoms with Gasteiger partial charge in [0.15, 0.2) is 0 Å². The van der Waals surface area contributed by atoms with Gasteiger partial charge in [0.1, 0.15) is 10.6 Å². The standard InChI is InChI=1S/C15H24N2O3S/c1-3-11-4-7-13(8-5-11)17-21(18,19)15-9-6-12(16)10-14(15)20-2/h6,9-11,13,17H,3-5,7-8,16H2,1-2H3. The number of hydrogen-bond donors (Lipinski definition) is 2. The summed E-state index contributed by atoms with van der Waals surface area (Å²) in [6.45, 7) is 2.19. The van der Waals surface area contributed by atoms with E-state index in [-0.39, 0.29) is 16.7 Å². The average molecular weight is 312 g/mol. The lowest BCUT2D eigenvalue weighted by Crippen LogP contribution is -2.37. The lowest BCUT2D eigenvalue weighted by atomic mass is 9.85. The smallest absolute Gasteiger partial charge is 0.244 e. The zero-order chi connectivity index (χ0) is 15.5. The minimum absolute atomic E-state index is 0.0139. The van der Waals surface area contributed by atoms with Gasteiger partial charge in [-0.2, -0.15) is 0 Å². The van der Waals surface area contributed by atoms with Crippen LogP contribution in [0.1, 0.15) is 39.0 Å². The Morgan fingerprint density at radius 2 is 1.95 bits per heavy atom. The van der Waals surface area contributed by atoms with E-state index >= 15 is 0 Å². The fraction of sp³-hybridized carbons (Fsp3) is 0.600. The van der Waals surface area contributed by atoms with E-state index in [1.807, 2.05) is 0 Å². The van der Waals surface area contributed by atoms with Gasteiger partial charge in [0.2, 0.25) is 10.0 Å². The number of benzene rings is 1. The summed E-state index contributed by atoms with van der Waals surface area (Å²) in [7, 11) is -2.13. The monoisotopic (exact) mass is 312 g/mol. The number of nitrogens with two attached hydrogens (primary N) is 1. The third kappa shape index (κ3) is 3.89. The van der Waals surface area contributed by atoms with Crippen LogP contribution in [0, 0.1) is 5.92 Å². The summed E-state index contributed by atoms with van der Waals surface area (Å²) in [6, 6.07) is 4.61. The van der Waals surface area contributed by atoms with Crippen LogP contribution in [-0.4, -0.2) is 21.6 Å². The van der Waals surface area contributed by atoms with Crippen molar-refractivity contribution in [3.63, 3.8) is 0 Å². The maximum atomic E-state index is 12.5.